The number of benzene rings is 1. The van der Waals surface area contributed by atoms with Gasteiger partial charge in [0.1, 0.15) is 0 Å². The Balaban J connectivity index is 2.17. The Labute approximate surface area is 95.9 Å². The van der Waals surface area contributed by atoms with Crippen LogP contribution in [-0.2, 0) is 9.53 Å². The van der Waals surface area contributed by atoms with Crippen molar-refractivity contribution < 1.29 is 9.53 Å². The quantitative estimate of drug-likeness (QED) is 0.865. The van der Waals surface area contributed by atoms with Gasteiger partial charge in [-0.05, 0) is 18.2 Å². The molecular formula is C10H11BrN2O2. The molecule has 1 saturated heterocycles. The van der Waals surface area contributed by atoms with Crippen LogP contribution in [0.3, 0.4) is 0 Å². The van der Waals surface area contributed by atoms with Crippen LogP contribution in [0, 0.1) is 0 Å². The molecule has 5 heteroatoms. The molecular weight excluding hydrogens is 260 g/mol. The molecule has 1 aromatic carbocycles. The van der Waals surface area contributed by atoms with E-state index in [4.69, 9.17) is 10.5 Å². The predicted molar refractivity (Wildman–Crippen MR) is 60.5 cm³/mol. The van der Waals surface area contributed by atoms with Crippen molar-refractivity contribution in [2.75, 3.05) is 18.5 Å². The van der Waals surface area contributed by atoms with Gasteiger partial charge in [-0.15, -0.1) is 0 Å². The Kier molecular flexibility index (Phi) is 2.67. The molecule has 1 amide bonds. The SMILES string of the molecule is NC(=O)C1(Nc2cccc(Br)c2)COC1. The van der Waals surface area contributed by atoms with E-state index in [9.17, 15) is 4.79 Å². The zero-order chi connectivity index (χ0) is 10.9. The van der Waals surface area contributed by atoms with Crippen molar-refractivity contribution in [3.05, 3.63) is 28.7 Å². The summed E-state index contributed by atoms with van der Waals surface area (Å²) < 4.78 is 5.98. The van der Waals surface area contributed by atoms with E-state index in [1.807, 2.05) is 24.3 Å². The average Bonchev–Trinajstić information content (AvgIpc) is 2.11. The van der Waals surface area contributed by atoms with Crippen LogP contribution >= 0.6 is 15.9 Å². The van der Waals surface area contributed by atoms with E-state index < -0.39 is 5.54 Å². The number of hydrogen-bond acceptors (Lipinski definition) is 3. The van der Waals surface area contributed by atoms with Gasteiger partial charge in [0.05, 0.1) is 13.2 Å². The largest absolute Gasteiger partial charge is 0.375 e. The molecule has 0 saturated carbocycles. The van der Waals surface area contributed by atoms with Crippen molar-refractivity contribution in [3.8, 4) is 0 Å². The highest BCUT2D eigenvalue weighted by atomic mass is 79.9. The lowest BCUT2D eigenvalue weighted by Gasteiger charge is -2.39. The van der Waals surface area contributed by atoms with Crippen LogP contribution in [0.4, 0.5) is 5.69 Å². The summed E-state index contributed by atoms with van der Waals surface area (Å²) in [6, 6.07) is 7.58. The number of carbonyl (C=O) groups is 1. The molecule has 0 aromatic heterocycles. The van der Waals surface area contributed by atoms with E-state index >= 15 is 0 Å². The zero-order valence-corrected chi connectivity index (χ0v) is 9.58. The fourth-order valence-electron chi connectivity index (χ4n) is 1.42. The lowest BCUT2D eigenvalue weighted by molar-refractivity contribution is -0.137. The van der Waals surface area contributed by atoms with Crippen LogP contribution in [-0.4, -0.2) is 24.7 Å². The molecule has 0 unspecified atom stereocenters. The highest BCUT2D eigenvalue weighted by Gasteiger charge is 2.44. The number of nitrogens with two attached hydrogens (primary N) is 1. The number of carbonyl (C=O) groups excluding carboxylic acids is 1. The highest BCUT2D eigenvalue weighted by molar-refractivity contribution is 9.10. The molecule has 15 heavy (non-hydrogen) atoms. The Morgan fingerprint density at radius 2 is 2.27 bits per heavy atom. The minimum Gasteiger partial charge on any atom is -0.375 e. The third-order valence-electron chi connectivity index (χ3n) is 2.38. The maximum atomic E-state index is 11.3. The molecule has 1 heterocycles. The Morgan fingerprint density at radius 1 is 1.53 bits per heavy atom. The lowest BCUT2D eigenvalue weighted by atomic mass is 9.96. The second-order valence-corrected chi connectivity index (χ2v) is 4.49. The molecule has 1 aromatic rings. The number of ether oxygens (including phenoxy) is 1. The van der Waals surface area contributed by atoms with E-state index in [0.717, 1.165) is 10.2 Å². The first-order valence-electron chi connectivity index (χ1n) is 4.54. The van der Waals surface area contributed by atoms with Gasteiger partial charge in [0.25, 0.3) is 0 Å². The molecule has 0 aliphatic carbocycles. The van der Waals surface area contributed by atoms with E-state index in [2.05, 4.69) is 21.2 Å². The van der Waals surface area contributed by atoms with Crippen molar-refractivity contribution in [2.24, 2.45) is 5.73 Å². The van der Waals surface area contributed by atoms with Crippen LogP contribution in [0.15, 0.2) is 28.7 Å². The molecule has 0 bridgehead atoms. The molecule has 0 spiro atoms. The van der Waals surface area contributed by atoms with Crippen molar-refractivity contribution >= 4 is 27.5 Å². The first-order chi connectivity index (χ1) is 7.12. The third kappa shape index (κ3) is 1.98. The summed E-state index contributed by atoms with van der Waals surface area (Å²) in [5.41, 5.74) is 5.44. The zero-order valence-electron chi connectivity index (χ0n) is 8.00. The molecule has 1 aliphatic rings. The first-order valence-corrected chi connectivity index (χ1v) is 5.33. The van der Waals surface area contributed by atoms with Gasteiger partial charge in [-0.25, -0.2) is 0 Å². The van der Waals surface area contributed by atoms with Crippen LogP contribution < -0.4 is 11.1 Å². The molecule has 0 radical (unpaired) electrons. The predicted octanol–water partition coefficient (Wildman–Crippen LogP) is 1.12. The second-order valence-electron chi connectivity index (χ2n) is 3.57. The molecule has 2 rings (SSSR count). The fourth-order valence-corrected chi connectivity index (χ4v) is 1.82. The van der Waals surface area contributed by atoms with Gasteiger partial charge < -0.3 is 15.8 Å². The molecule has 0 atom stereocenters. The first kappa shape index (κ1) is 10.4. The van der Waals surface area contributed by atoms with Crippen LogP contribution in [0.1, 0.15) is 0 Å². The maximum absolute atomic E-state index is 11.3. The van der Waals surface area contributed by atoms with E-state index in [0.29, 0.717) is 13.2 Å². The maximum Gasteiger partial charge on any atom is 0.247 e. The molecule has 3 N–H and O–H groups in total. The number of amides is 1. The Morgan fingerprint density at radius 3 is 2.73 bits per heavy atom. The monoisotopic (exact) mass is 270 g/mol. The summed E-state index contributed by atoms with van der Waals surface area (Å²) in [6.07, 6.45) is 0. The van der Waals surface area contributed by atoms with Crippen molar-refractivity contribution in [1.82, 2.24) is 0 Å². The molecule has 4 nitrogen and oxygen atoms in total. The van der Waals surface area contributed by atoms with E-state index in [-0.39, 0.29) is 5.91 Å². The summed E-state index contributed by atoms with van der Waals surface area (Å²) >= 11 is 3.36. The minimum atomic E-state index is -0.735. The van der Waals surface area contributed by atoms with Gasteiger partial charge in [0.15, 0.2) is 5.54 Å². The Bertz CT molecular complexity index is 391. The molecule has 80 valence electrons. The normalized spacial score (nSPS) is 17.9. The van der Waals surface area contributed by atoms with Crippen LogP contribution in [0.2, 0.25) is 0 Å². The van der Waals surface area contributed by atoms with Crippen LogP contribution in [0.5, 0.6) is 0 Å². The lowest BCUT2D eigenvalue weighted by Crippen LogP contribution is -2.64. The van der Waals surface area contributed by atoms with Gasteiger partial charge >= 0.3 is 0 Å². The number of anilines is 1. The van der Waals surface area contributed by atoms with Gasteiger partial charge in [-0.1, -0.05) is 22.0 Å². The summed E-state index contributed by atoms with van der Waals surface area (Å²) in [7, 11) is 0. The number of nitrogens with one attached hydrogen (secondary N) is 1. The summed E-state index contributed by atoms with van der Waals surface area (Å²) in [6.45, 7) is 0.656. The smallest absolute Gasteiger partial charge is 0.247 e. The summed E-state index contributed by atoms with van der Waals surface area (Å²) in [5.74, 6) is -0.381. The van der Waals surface area contributed by atoms with Crippen molar-refractivity contribution in [1.29, 1.82) is 0 Å². The van der Waals surface area contributed by atoms with Crippen molar-refractivity contribution in [3.63, 3.8) is 0 Å². The second kappa shape index (κ2) is 3.83. The number of halogens is 1. The third-order valence-corrected chi connectivity index (χ3v) is 2.87. The summed E-state index contributed by atoms with van der Waals surface area (Å²) in [4.78, 5) is 11.3. The van der Waals surface area contributed by atoms with Gasteiger partial charge in [0.2, 0.25) is 5.91 Å². The van der Waals surface area contributed by atoms with E-state index in [1.165, 1.54) is 0 Å². The number of primary amides is 1. The highest BCUT2D eigenvalue weighted by Crippen LogP contribution is 2.24. The van der Waals surface area contributed by atoms with Gasteiger partial charge in [0, 0.05) is 10.2 Å². The molecule has 1 fully saturated rings. The van der Waals surface area contributed by atoms with Gasteiger partial charge in [-0.2, -0.15) is 0 Å². The van der Waals surface area contributed by atoms with E-state index in [1.54, 1.807) is 0 Å². The number of rotatable bonds is 3. The average molecular weight is 271 g/mol. The number of hydrogen-bond donors (Lipinski definition) is 2. The van der Waals surface area contributed by atoms with Gasteiger partial charge in [-0.3, -0.25) is 4.79 Å². The van der Waals surface area contributed by atoms with Crippen LogP contribution in [0.25, 0.3) is 0 Å². The standard InChI is InChI=1S/C10H11BrN2O2/c11-7-2-1-3-8(4-7)13-10(9(12)14)5-15-6-10/h1-4,13H,5-6H2,(H2,12,14). The molecule has 1 aliphatic heterocycles. The Hall–Kier alpha value is -1.07. The summed E-state index contributed by atoms with van der Waals surface area (Å²) in [5, 5.41) is 3.10. The topological polar surface area (TPSA) is 64.4 Å². The van der Waals surface area contributed by atoms with Crippen molar-refractivity contribution in [2.45, 2.75) is 5.54 Å². The fraction of sp³-hybridized carbons (Fsp3) is 0.300. The minimum absolute atomic E-state index is 0.328.